The van der Waals surface area contributed by atoms with Gasteiger partial charge in [0.1, 0.15) is 5.82 Å². The number of halogens is 1. The van der Waals surface area contributed by atoms with Gasteiger partial charge < -0.3 is 10.6 Å². The molecule has 1 amide bonds. The molecule has 0 aromatic heterocycles. The van der Waals surface area contributed by atoms with E-state index >= 15 is 0 Å². The van der Waals surface area contributed by atoms with E-state index in [4.69, 9.17) is 0 Å². The van der Waals surface area contributed by atoms with Gasteiger partial charge in [-0.3, -0.25) is 4.79 Å². The number of anilines is 1. The van der Waals surface area contributed by atoms with Crippen LogP contribution in [0.5, 0.6) is 0 Å². The van der Waals surface area contributed by atoms with E-state index in [1.54, 1.807) is 6.92 Å². The average molecular weight is 234 g/mol. The molecule has 0 atom stereocenters. The fourth-order valence-electron chi connectivity index (χ4n) is 1.22. The van der Waals surface area contributed by atoms with Crippen LogP contribution in [0.15, 0.2) is 24.3 Å². The molecule has 0 bridgehead atoms. The quantitative estimate of drug-likeness (QED) is 0.602. The highest BCUT2D eigenvalue weighted by atomic mass is 19.1. The van der Waals surface area contributed by atoms with Crippen LogP contribution in [-0.4, -0.2) is 19.0 Å². The molecule has 0 unspecified atom stereocenters. The van der Waals surface area contributed by atoms with Crippen molar-refractivity contribution in [2.24, 2.45) is 0 Å². The molecule has 0 saturated carbocycles. The summed E-state index contributed by atoms with van der Waals surface area (Å²) in [6.07, 6.45) is 0.723. The maximum Gasteiger partial charge on any atom is 0.238 e. The summed E-state index contributed by atoms with van der Waals surface area (Å²) >= 11 is 0. The van der Waals surface area contributed by atoms with Crippen LogP contribution in [0.2, 0.25) is 0 Å². The molecule has 1 aromatic carbocycles. The minimum atomic E-state index is -0.320. The van der Waals surface area contributed by atoms with Crippen LogP contribution >= 0.6 is 0 Å². The minimum Gasteiger partial charge on any atom is -0.325 e. The Morgan fingerprint density at radius 2 is 2.06 bits per heavy atom. The first-order chi connectivity index (χ1) is 8.22. The molecule has 17 heavy (non-hydrogen) atoms. The van der Waals surface area contributed by atoms with E-state index in [1.807, 2.05) is 0 Å². The van der Waals surface area contributed by atoms with Crippen LogP contribution in [0.3, 0.4) is 0 Å². The Balaban J connectivity index is 2.24. The monoisotopic (exact) mass is 234 g/mol. The molecule has 0 aliphatic carbocycles. The summed E-state index contributed by atoms with van der Waals surface area (Å²) < 4.78 is 12.6. The summed E-state index contributed by atoms with van der Waals surface area (Å²) in [6.45, 7) is 2.68. The Hall–Kier alpha value is -1.86. The molecule has 0 aliphatic heterocycles. The topological polar surface area (TPSA) is 41.1 Å². The highest BCUT2D eigenvalue weighted by molar-refractivity contribution is 5.92. The number of rotatable bonds is 5. The van der Waals surface area contributed by atoms with Gasteiger partial charge >= 0.3 is 0 Å². The van der Waals surface area contributed by atoms with Crippen molar-refractivity contribution in [2.75, 3.05) is 18.4 Å². The van der Waals surface area contributed by atoms with Gasteiger partial charge in [-0.1, -0.05) is 0 Å². The Morgan fingerprint density at radius 1 is 1.35 bits per heavy atom. The molecule has 0 saturated heterocycles. The van der Waals surface area contributed by atoms with Crippen molar-refractivity contribution in [3.63, 3.8) is 0 Å². The van der Waals surface area contributed by atoms with Crippen LogP contribution in [0.25, 0.3) is 0 Å². The van der Waals surface area contributed by atoms with Crippen molar-refractivity contribution in [1.82, 2.24) is 5.32 Å². The minimum absolute atomic E-state index is 0.152. The lowest BCUT2D eigenvalue weighted by atomic mass is 10.3. The van der Waals surface area contributed by atoms with E-state index in [-0.39, 0.29) is 18.3 Å². The molecule has 0 spiro atoms. The maximum absolute atomic E-state index is 12.6. The Labute approximate surface area is 100 Å². The summed E-state index contributed by atoms with van der Waals surface area (Å²) in [6, 6.07) is 5.66. The zero-order valence-corrected chi connectivity index (χ0v) is 9.72. The number of benzene rings is 1. The van der Waals surface area contributed by atoms with Gasteiger partial charge in [-0.15, -0.1) is 11.8 Å². The standard InChI is InChI=1S/C13H15FN2O/c1-2-3-4-9-15-10-13(17)16-12-7-5-11(14)6-8-12/h5-8,15H,4,9-10H2,1H3,(H,16,17). The van der Waals surface area contributed by atoms with Crippen molar-refractivity contribution < 1.29 is 9.18 Å². The normalized spacial score (nSPS) is 9.29. The van der Waals surface area contributed by atoms with Crippen molar-refractivity contribution in [3.05, 3.63) is 30.1 Å². The summed E-state index contributed by atoms with van der Waals surface area (Å²) in [5.74, 6) is 5.19. The van der Waals surface area contributed by atoms with Gasteiger partial charge in [-0.2, -0.15) is 0 Å². The van der Waals surface area contributed by atoms with Crippen LogP contribution in [0.1, 0.15) is 13.3 Å². The lowest BCUT2D eigenvalue weighted by Crippen LogP contribution is -2.28. The molecule has 90 valence electrons. The summed E-state index contributed by atoms with van der Waals surface area (Å²) in [4.78, 5) is 11.4. The van der Waals surface area contributed by atoms with Gasteiger partial charge in [0.05, 0.1) is 6.54 Å². The second-order valence-electron chi connectivity index (χ2n) is 3.41. The van der Waals surface area contributed by atoms with Gasteiger partial charge in [0.2, 0.25) is 5.91 Å². The summed E-state index contributed by atoms with van der Waals surface area (Å²) in [5.41, 5.74) is 0.589. The van der Waals surface area contributed by atoms with Crippen molar-refractivity contribution in [3.8, 4) is 11.8 Å². The largest absolute Gasteiger partial charge is 0.325 e. The van der Waals surface area contributed by atoms with E-state index < -0.39 is 0 Å². The third-order valence-corrected chi connectivity index (χ3v) is 2.02. The number of nitrogens with one attached hydrogen (secondary N) is 2. The molecular weight excluding hydrogens is 219 g/mol. The van der Waals surface area contributed by atoms with E-state index in [0.717, 1.165) is 6.42 Å². The summed E-state index contributed by atoms with van der Waals surface area (Å²) in [7, 11) is 0. The van der Waals surface area contributed by atoms with Crippen LogP contribution in [0.4, 0.5) is 10.1 Å². The third-order valence-electron chi connectivity index (χ3n) is 2.02. The maximum atomic E-state index is 12.6. The average Bonchev–Trinajstić information content (AvgIpc) is 2.32. The number of carbonyl (C=O) groups is 1. The fraction of sp³-hybridized carbons (Fsp3) is 0.308. The van der Waals surface area contributed by atoms with E-state index in [0.29, 0.717) is 12.2 Å². The Morgan fingerprint density at radius 3 is 2.71 bits per heavy atom. The first-order valence-corrected chi connectivity index (χ1v) is 5.38. The van der Waals surface area contributed by atoms with Gasteiger partial charge in [0.25, 0.3) is 0 Å². The third kappa shape index (κ3) is 5.69. The highest BCUT2D eigenvalue weighted by Gasteiger charge is 2.01. The van der Waals surface area contributed by atoms with Crippen LogP contribution in [-0.2, 0) is 4.79 Å². The van der Waals surface area contributed by atoms with E-state index in [1.165, 1.54) is 24.3 Å². The number of hydrogen-bond acceptors (Lipinski definition) is 2. The molecule has 3 nitrogen and oxygen atoms in total. The first kappa shape index (κ1) is 13.2. The molecule has 0 aliphatic rings. The van der Waals surface area contributed by atoms with Gasteiger partial charge in [-0.05, 0) is 31.2 Å². The number of amides is 1. The molecule has 0 radical (unpaired) electrons. The lowest BCUT2D eigenvalue weighted by molar-refractivity contribution is -0.115. The SMILES string of the molecule is CC#CCCNCC(=O)Nc1ccc(F)cc1. The highest BCUT2D eigenvalue weighted by Crippen LogP contribution is 2.07. The molecule has 2 N–H and O–H groups in total. The Bertz CT molecular complexity index is 417. The zero-order valence-electron chi connectivity index (χ0n) is 9.72. The van der Waals surface area contributed by atoms with Crippen molar-refractivity contribution in [1.29, 1.82) is 0 Å². The molecule has 0 heterocycles. The Kier molecular flexibility index (Phi) is 5.76. The second-order valence-corrected chi connectivity index (χ2v) is 3.41. The number of carbonyl (C=O) groups excluding carboxylic acids is 1. The van der Waals surface area contributed by atoms with Crippen molar-refractivity contribution >= 4 is 11.6 Å². The fourth-order valence-corrected chi connectivity index (χ4v) is 1.22. The predicted octanol–water partition coefficient (Wildman–Crippen LogP) is 1.77. The van der Waals surface area contributed by atoms with Gasteiger partial charge in [-0.25, -0.2) is 4.39 Å². The molecule has 0 fully saturated rings. The molecule has 4 heteroatoms. The number of hydrogen-bond donors (Lipinski definition) is 2. The lowest BCUT2D eigenvalue weighted by Gasteiger charge is -2.05. The van der Waals surface area contributed by atoms with Gasteiger partial charge in [0, 0.05) is 18.7 Å². The molecular formula is C13H15FN2O. The zero-order chi connectivity index (χ0) is 12.5. The van der Waals surface area contributed by atoms with Crippen molar-refractivity contribution in [2.45, 2.75) is 13.3 Å². The van der Waals surface area contributed by atoms with Gasteiger partial charge in [0.15, 0.2) is 0 Å². The van der Waals surface area contributed by atoms with Crippen LogP contribution < -0.4 is 10.6 Å². The molecule has 1 aromatic rings. The second kappa shape index (κ2) is 7.42. The van der Waals surface area contributed by atoms with Crippen LogP contribution in [0, 0.1) is 17.7 Å². The van der Waals surface area contributed by atoms with E-state index in [9.17, 15) is 9.18 Å². The predicted molar refractivity (Wildman–Crippen MR) is 66.0 cm³/mol. The smallest absolute Gasteiger partial charge is 0.238 e. The first-order valence-electron chi connectivity index (χ1n) is 5.38. The van der Waals surface area contributed by atoms with E-state index in [2.05, 4.69) is 22.5 Å². The summed E-state index contributed by atoms with van der Waals surface area (Å²) in [5, 5.41) is 5.62. The molecule has 1 rings (SSSR count).